The Labute approximate surface area is 105 Å². The third kappa shape index (κ3) is 2.20. The van der Waals surface area contributed by atoms with Crippen molar-refractivity contribution in [2.24, 2.45) is 5.90 Å². The third-order valence-electron chi connectivity index (χ3n) is 2.96. The molecule has 1 fully saturated rings. The Morgan fingerprint density at radius 2 is 1.94 bits per heavy atom. The molecule has 18 heavy (non-hydrogen) atoms. The Bertz CT molecular complexity index is 475. The van der Waals surface area contributed by atoms with Gasteiger partial charge in [-0.05, 0) is 6.07 Å². The maximum atomic E-state index is 12.0. The first-order chi connectivity index (χ1) is 8.65. The predicted octanol–water partition coefficient (Wildman–Crippen LogP) is -0.118. The molecule has 1 saturated heterocycles. The molecule has 0 aromatic heterocycles. The lowest BCUT2D eigenvalue weighted by atomic mass is 10.1. The molecule has 0 radical (unpaired) electrons. The van der Waals surface area contributed by atoms with Crippen molar-refractivity contribution in [1.82, 2.24) is 4.90 Å². The maximum absolute atomic E-state index is 12.0. The minimum absolute atomic E-state index is 0.198. The number of benzene rings is 1. The number of carbonyl (C=O) groups is 2. The number of likely N-dealkylation sites (N-methyl/N-ethyl adjacent to an activating group) is 1. The Morgan fingerprint density at radius 1 is 1.22 bits per heavy atom. The number of anilines is 1. The number of para-hydroxylation sites is 1. The summed E-state index contributed by atoms with van der Waals surface area (Å²) in [7, 11) is 1.62. The fourth-order valence-corrected chi connectivity index (χ4v) is 1.95. The van der Waals surface area contributed by atoms with Crippen LogP contribution in [0.1, 0.15) is 5.56 Å². The molecule has 1 heterocycles. The van der Waals surface area contributed by atoms with E-state index in [0.717, 1.165) is 5.56 Å². The highest BCUT2D eigenvalue weighted by atomic mass is 16.6. The molecular formula is C12H15N3O3. The van der Waals surface area contributed by atoms with Crippen molar-refractivity contribution < 1.29 is 14.4 Å². The summed E-state index contributed by atoms with van der Waals surface area (Å²) in [5, 5.41) is 0. The van der Waals surface area contributed by atoms with Gasteiger partial charge in [0.1, 0.15) is 0 Å². The van der Waals surface area contributed by atoms with E-state index < -0.39 is 11.8 Å². The standard InChI is InChI=1S/C12H15N3O3/c1-14-6-7-15(12(17)11(14)16)10-5-3-2-4-9(10)8-18-13/h2-5H,6-8,13H2,1H3. The summed E-state index contributed by atoms with van der Waals surface area (Å²) in [6.07, 6.45) is 0. The van der Waals surface area contributed by atoms with E-state index in [9.17, 15) is 9.59 Å². The van der Waals surface area contributed by atoms with E-state index in [1.54, 1.807) is 13.1 Å². The van der Waals surface area contributed by atoms with Gasteiger partial charge in [-0.25, -0.2) is 5.90 Å². The second kappa shape index (κ2) is 5.16. The van der Waals surface area contributed by atoms with Crippen LogP contribution in [0.3, 0.4) is 0 Å². The molecule has 1 aromatic rings. The van der Waals surface area contributed by atoms with Crippen LogP contribution < -0.4 is 10.8 Å². The fourth-order valence-electron chi connectivity index (χ4n) is 1.95. The van der Waals surface area contributed by atoms with Crippen molar-refractivity contribution in [2.45, 2.75) is 6.61 Å². The monoisotopic (exact) mass is 249 g/mol. The summed E-state index contributed by atoms with van der Waals surface area (Å²) >= 11 is 0. The summed E-state index contributed by atoms with van der Waals surface area (Å²) in [5.41, 5.74) is 1.46. The molecule has 96 valence electrons. The van der Waals surface area contributed by atoms with Gasteiger partial charge >= 0.3 is 11.8 Å². The molecule has 1 aliphatic heterocycles. The average molecular weight is 249 g/mol. The number of hydrogen-bond acceptors (Lipinski definition) is 4. The second-order valence-electron chi connectivity index (χ2n) is 4.12. The molecule has 0 aliphatic carbocycles. The first-order valence-corrected chi connectivity index (χ1v) is 5.61. The van der Waals surface area contributed by atoms with E-state index in [-0.39, 0.29) is 6.61 Å². The number of carbonyl (C=O) groups excluding carboxylic acids is 2. The quantitative estimate of drug-likeness (QED) is 0.598. The van der Waals surface area contributed by atoms with Gasteiger partial charge in [-0.15, -0.1) is 0 Å². The van der Waals surface area contributed by atoms with Crippen LogP contribution >= 0.6 is 0 Å². The molecule has 2 amide bonds. The third-order valence-corrected chi connectivity index (χ3v) is 2.96. The van der Waals surface area contributed by atoms with Crippen LogP contribution in [0.4, 0.5) is 5.69 Å². The van der Waals surface area contributed by atoms with E-state index in [2.05, 4.69) is 4.84 Å². The van der Waals surface area contributed by atoms with Gasteiger partial charge in [0.05, 0.1) is 6.61 Å². The highest BCUT2D eigenvalue weighted by molar-refractivity contribution is 6.41. The number of hydrogen-bond donors (Lipinski definition) is 1. The van der Waals surface area contributed by atoms with E-state index in [0.29, 0.717) is 18.8 Å². The summed E-state index contributed by atoms with van der Waals surface area (Å²) in [6.45, 7) is 1.19. The molecule has 0 unspecified atom stereocenters. The SMILES string of the molecule is CN1CCN(c2ccccc2CON)C(=O)C1=O. The number of rotatable bonds is 3. The fraction of sp³-hybridized carbons (Fsp3) is 0.333. The summed E-state index contributed by atoms with van der Waals surface area (Å²) in [6, 6.07) is 7.24. The average Bonchev–Trinajstić information content (AvgIpc) is 2.38. The summed E-state index contributed by atoms with van der Waals surface area (Å²) in [4.78, 5) is 31.1. The molecule has 6 heteroatoms. The molecular weight excluding hydrogens is 234 g/mol. The lowest BCUT2D eigenvalue weighted by Crippen LogP contribution is -2.53. The van der Waals surface area contributed by atoms with Crippen molar-refractivity contribution in [3.05, 3.63) is 29.8 Å². The molecule has 1 aliphatic rings. The number of amides is 2. The highest BCUT2D eigenvalue weighted by Gasteiger charge is 2.32. The number of nitrogens with zero attached hydrogens (tertiary/aromatic N) is 2. The van der Waals surface area contributed by atoms with E-state index in [1.165, 1.54) is 9.80 Å². The minimum atomic E-state index is -0.520. The molecule has 2 N–H and O–H groups in total. The van der Waals surface area contributed by atoms with Crippen LogP contribution in [0.25, 0.3) is 0 Å². The Morgan fingerprint density at radius 3 is 2.67 bits per heavy atom. The largest absolute Gasteiger partial charge is 0.336 e. The van der Waals surface area contributed by atoms with Crippen molar-refractivity contribution in [3.63, 3.8) is 0 Å². The smallest absolute Gasteiger partial charge is 0.316 e. The van der Waals surface area contributed by atoms with Crippen molar-refractivity contribution >= 4 is 17.5 Å². The van der Waals surface area contributed by atoms with Crippen molar-refractivity contribution in [3.8, 4) is 0 Å². The summed E-state index contributed by atoms with van der Waals surface area (Å²) < 4.78 is 0. The van der Waals surface area contributed by atoms with Gasteiger partial charge in [-0.1, -0.05) is 18.2 Å². The zero-order chi connectivity index (χ0) is 13.1. The van der Waals surface area contributed by atoms with Crippen LogP contribution in [0.15, 0.2) is 24.3 Å². The molecule has 2 rings (SSSR count). The van der Waals surface area contributed by atoms with Crippen LogP contribution in [0.5, 0.6) is 0 Å². The van der Waals surface area contributed by atoms with Crippen LogP contribution in [-0.4, -0.2) is 36.9 Å². The van der Waals surface area contributed by atoms with Gasteiger partial charge < -0.3 is 9.80 Å². The Balaban J connectivity index is 2.31. The lowest BCUT2D eigenvalue weighted by Gasteiger charge is -2.32. The first kappa shape index (κ1) is 12.5. The summed E-state index contributed by atoms with van der Waals surface area (Å²) in [5.74, 6) is 4.05. The van der Waals surface area contributed by atoms with E-state index >= 15 is 0 Å². The molecule has 0 bridgehead atoms. The van der Waals surface area contributed by atoms with Gasteiger partial charge in [0.25, 0.3) is 0 Å². The lowest BCUT2D eigenvalue weighted by molar-refractivity contribution is -0.145. The first-order valence-electron chi connectivity index (χ1n) is 5.61. The van der Waals surface area contributed by atoms with Gasteiger partial charge in [0.15, 0.2) is 0 Å². The van der Waals surface area contributed by atoms with E-state index in [1.807, 2.05) is 18.2 Å². The zero-order valence-corrected chi connectivity index (χ0v) is 10.1. The van der Waals surface area contributed by atoms with Crippen LogP contribution in [0.2, 0.25) is 0 Å². The van der Waals surface area contributed by atoms with Gasteiger partial charge in [-0.3, -0.25) is 14.4 Å². The number of nitrogens with two attached hydrogens (primary N) is 1. The van der Waals surface area contributed by atoms with Gasteiger partial charge in [-0.2, -0.15) is 0 Å². The normalized spacial score (nSPS) is 16.3. The molecule has 6 nitrogen and oxygen atoms in total. The van der Waals surface area contributed by atoms with Gasteiger partial charge in [0.2, 0.25) is 0 Å². The van der Waals surface area contributed by atoms with Crippen LogP contribution in [-0.2, 0) is 21.0 Å². The van der Waals surface area contributed by atoms with Crippen LogP contribution in [0, 0.1) is 0 Å². The number of piperazine rings is 1. The van der Waals surface area contributed by atoms with Crippen molar-refractivity contribution in [2.75, 3.05) is 25.0 Å². The topological polar surface area (TPSA) is 75.9 Å². The minimum Gasteiger partial charge on any atom is -0.336 e. The second-order valence-corrected chi connectivity index (χ2v) is 4.12. The Kier molecular flexibility index (Phi) is 3.59. The van der Waals surface area contributed by atoms with Crippen molar-refractivity contribution in [1.29, 1.82) is 0 Å². The molecule has 0 spiro atoms. The maximum Gasteiger partial charge on any atom is 0.316 e. The van der Waals surface area contributed by atoms with Gasteiger partial charge in [0, 0.05) is 31.4 Å². The van der Waals surface area contributed by atoms with E-state index in [4.69, 9.17) is 5.90 Å². The highest BCUT2D eigenvalue weighted by Crippen LogP contribution is 2.22. The molecule has 0 atom stereocenters. The molecule has 1 aromatic carbocycles. The predicted molar refractivity (Wildman–Crippen MR) is 65.4 cm³/mol. The zero-order valence-electron chi connectivity index (χ0n) is 10.1. The molecule has 0 saturated carbocycles. The Hall–Kier alpha value is -1.92.